The summed E-state index contributed by atoms with van der Waals surface area (Å²) >= 11 is 1.06. The summed E-state index contributed by atoms with van der Waals surface area (Å²) in [6, 6.07) is 3.95. The molecule has 6 N–H and O–H groups in total. The number of nitrogens with two attached hydrogens (primary N) is 3. The molecule has 3 rings (SSSR count). The summed E-state index contributed by atoms with van der Waals surface area (Å²) in [5, 5.41) is 12.6. The van der Waals surface area contributed by atoms with E-state index in [2.05, 4.69) is 34.4 Å². The van der Waals surface area contributed by atoms with Crippen LogP contribution in [0.4, 0.5) is 16.6 Å². The van der Waals surface area contributed by atoms with Gasteiger partial charge >= 0.3 is 11.9 Å². The Hall–Kier alpha value is -3.75. The van der Waals surface area contributed by atoms with Crippen molar-refractivity contribution in [2.45, 2.75) is 6.92 Å². The summed E-state index contributed by atoms with van der Waals surface area (Å²) in [5.41, 5.74) is 7.03. The van der Waals surface area contributed by atoms with Crippen molar-refractivity contribution in [2.75, 3.05) is 5.73 Å². The smallest absolute Gasteiger partial charge is 0.356 e. The van der Waals surface area contributed by atoms with Crippen molar-refractivity contribution in [3.05, 3.63) is 41.3 Å². The van der Waals surface area contributed by atoms with E-state index in [-0.39, 0.29) is 28.3 Å². The third-order valence-corrected chi connectivity index (χ3v) is 4.05. The van der Waals surface area contributed by atoms with Crippen LogP contribution < -0.4 is 17.5 Å². The lowest BCUT2D eigenvalue weighted by Gasteiger charge is -2.08. The van der Waals surface area contributed by atoms with Crippen LogP contribution in [0.25, 0.3) is 5.69 Å². The second kappa shape index (κ2) is 7.87. The zero-order valence-corrected chi connectivity index (χ0v) is 15.1. The Labute approximate surface area is 160 Å². The fourth-order valence-corrected chi connectivity index (χ4v) is 2.63. The highest BCUT2D eigenvalue weighted by molar-refractivity contribution is 7.09. The van der Waals surface area contributed by atoms with Crippen molar-refractivity contribution in [3.63, 3.8) is 0 Å². The number of benzene rings is 1. The van der Waals surface area contributed by atoms with Gasteiger partial charge in [0.05, 0.1) is 22.5 Å². The van der Waals surface area contributed by atoms with E-state index in [0.29, 0.717) is 10.8 Å². The molecule has 0 radical (unpaired) electrons. The van der Waals surface area contributed by atoms with Crippen LogP contribution >= 0.6 is 11.5 Å². The molecule has 144 valence electrons. The molecule has 0 bridgehead atoms. The highest BCUT2D eigenvalue weighted by atomic mass is 32.1. The Morgan fingerprint density at radius 1 is 1.11 bits per heavy atom. The quantitative estimate of drug-likeness (QED) is 0.409. The number of nitrogens with zero attached hydrogens (tertiary/aromatic N) is 6. The molecule has 2 aromatic heterocycles. The molecule has 0 aliphatic carbocycles. The first-order valence-corrected chi connectivity index (χ1v) is 8.23. The topological polar surface area (TPSA) is 199 Å². The number of aromatic nitrogens is 4. The highest BCUT2D eigenvalue weighted by Crippen LogP contribution is 2.31. The number of hydrogen-bond donors (Lipinski definition) is 3. The number of rotatable bonds is 5. The lowest BCUT2D eigenvalue weighted by atomic mass is 10.1. The van der Waals surface area contributed by atoms with Crippen molar-refractivity contribution in [3.8, 4) is 5.69 Å². The summed E-state index contributed by atoms with van der Waals surface area (Å²) in [6.07, 6.45) is 1.35. The summed E-state index contributed by atoms with van der Waals surface area (Å²) in [6.45, 7) is 1.66. The van der Waals surface area contributed by atoms with E-state index < -0.39 is 11.9 Å². The molecule has 13 nitrogen and oxygen atoms in total. The molecule has 14 heteroatoms. The van der Waals surface area contributed by atoms with Gasteiger partial charge in [-0.1, -0.05) is 0 Å². The molecule has 0 aliphatic heterocycles. The maximum atomic E-state index is 11.8. The van der Waals surface area contributed by atoms with Crippen molar-refractivity contribution in [1.29, 1.82) is 0 Å². The Bertz CT molecular complexity index is 1030. The monoisotopic (exact) mass is 403 g/mol. The summed E-state index contributed by atoms with van der Waals surface area (Å²) in [5.74, 6) is 8.18. The number of hydrogen-bond acceptors (Lipinski definition) is 13. The molecule has 0 saturated heterocycles. The van der Waals surface area contributed by atoms with Gasteiger partial charge in [0.2, 0.25) is 5.13 Å². The Balaban J connectivity index is 2.09. The molecule has 0 amide bonds. The van der Waals surface area contributed by atoms with Crippen LogP contribution in [0.1, 0.15) is 26.4 Å². The van der Waals surface area contributed by atoms with Gasteiger partial charge in [-0.05, 0) is 25.1 Å². The van der Waals surface area contributed by atoms with E-state index in [1.165, 1.54) is 29.2 Å². The number of anilines is 1. The van der Waals surface area contributed by atoms with E-state index >= 15 is 0 Å². The zero-order valence-electron chi connectivity index (χ0n) is 14.3. The molecule has 0 unspecified atom stereocenters. The number of carbonyl (C=O) groups excluding carboxylic acids is 2. The first-order chi connectivity index (χ1) is 13.4. The van der Waals surface area contributed by atoms with Gasteiger partial charge in [-0.15, -0.1) is 10.2 Å². The molecule has 28 heavy (non-hydrogen) atoms. The zero-order chi connectivity index (χ0) is 20.3. The summed E-state index contributed by atoms with van der Waals surface area (Å²) in [7, 11) is 0. The Morgan fingerprint density at radius 2 is 1.75 bits per heavy atom. The number of azo groups is 1. The molecule has 1 aromatic carbocycles. The number of nitrogen functional groups attached to an aromatic ring is 1. The van der Waals surface area contributed by atoms with Crippen LogP contribution in [0.2, 0.25) is 0 Å². The maximum Gasteiger partial charge on any atom is 0.356 e. The molecule has 3 aromatic rings. The van der Waals surface area contributed by atoms with Gasteiger partial charge < -0.3 is 15.4 Å². The molecule has 0 saturated carbocycles. The van der Waals surface area contributed by atoms with Crippen LogP contribution in [0.5, 0.6) is 0 Å². The summed E-state index contributed by atoms with van der Waals surface area (Å²) in [4.78, 5) is 35.9. The predicted octanol–water partition coefficient (Wildman–Crippen LogP) is 1.09. The highest BCUT2D eigenvalue weighted by Gasteiger charge is 2.19. The van der Waals surface area contributed by atoms with E-state index in [9.17, 15) is 9.59 Å². The van der Waals surface area contributed by atoms with Gasteiger partial charge in [0.15, 0.2) is 11.5 Å². The predicted molar refractivity (Wildman–Crippen MR) is 96.0 cm³/mol. The SMILES string of the molecule is Cc1nn(-c2cc(C(=O)ON)cc(C(=O)ON)c2)c(N)c1N=Nc1ncns1. The number of carbonyl (C=O) groups is 2. The average Bonchev–Trinajstić information content (AvgIpc) is 3.32. The van der Waals surface area contributed by atoms with E-state index in [1.54, 1.807) is 6.92 Å². The average molecular weight is 403 g/mol. The molecule has 0 spiro atoms. The molecule has 0 atom stereocenters. The van der Waals surface area contributed by atoms with Gasteiger partial charge in [0.25, 0.3) is 0 Å². The Kier molecular flexibility index (Phi) is 5.35. The van der Waals surface area contributed by atoms with Crippen LogP contribution in [0.15, 0.2) is 34.8 Å². The second-order valence-electron chi connectivity index (χ2n) is 5.23. The molecule has 0 aliphatic rings. The van der Waals surface area contributed by atoms with Crippen LogP contribution in [0.3, 0.4) is 0 Å². The minimum Gasteiger partial charge on any atom is -0.382 e. The molecular weight excluding hydrogens is 390 g/mol. The van der Waals surface area contributed by atoms with Crippen molar-refractivity contribution >= 4 is 40.1 Å². The first kappa shape index (κ1) is 19.0. The Morgan fingerprint density at radius 3 is 2.29 bits per heavy atom. The van der Waals surface area contributed by atoms with Gasteiger partial charge in [-0.25, -0.2) is 19.3 Å². The summed E-state index contributed by atoms with van der Waals surface area (Å²) < 4.78 is 5.09. The van der Waals surface area contributed by atoms with Gasteiger partial charge in [0.1, 0.15) is 6.33 Å². The van der Waals surface area contributed by atoms with E-state index in [0.717, 1.165) is 11.5 Å². The van der Waals surface area contributed by atoms with E-state index in [1.807, 2.05) is 0 Å². The normalized spacial score (nSPS) is 11.0. The lowest BCUT2D eigenvalue weighted by Crippen LogP contribution is -2.15. The largest absolute Gasteiger partial charge is 0.382 e. The second-order valence-corrected chi connectivity index (χ2v) is 5.99. The third-order valence-electron chi connectivity index (χ3n) is 3.50. The molecule has 2 heterocycles. The lowest BCUT2D eigenvalue weighted by molar-refractivity contribution is 0.0501. The van der Waals surface area contributed by atoms with Gasteiger partial charge in [-0.3, -0.25) is 0 Å². The minimum atomic E-state index is -0.883. The van der Waals surface area contributed by atoms with Crippen LogP contribution in [0, 0.1) is 6.92 Å². The van der Waals surface area contributed by atoms with Crippen molar-refractivity contribution in [2.24, 2.45) is 22.0 Å². The van der Waals surface area contributed by atoms with Crippen molar-refractivity contribution < 1.29 is 19.3 Å². The fraction of sp³-hybridized carbons (Fsp3) is 0.0714. The minimum absolute atomic E-state index is 0.0370. The van der Waals surface area contributed by atoms with Crippen LogP contribution in [-0.2, 0) is 9.68 Å². The fourth-order valence-electron chi connectivity index (χ4n) is 2.27. The molecule has 0 fully saturated rings. The van der Waals surface area contributed by atoms with E-state index in [4.69, 9.17) is 17.5 Å². The van der Waals surface area contributed by atoms with Gasteiger partial charge in [-0.2, -0.15) is 21.3 Å². The standard InChI is InChI=1S/C14H13N9O4S/c1-6-10(20-21-14-18-5-19-28-14)11(15)23(22-6)9-3-7(12(24)26-16)2-8(4-9)13(25)27-17/h2-5H,15-17H2,1H3. The third kappa shape index (κ3) is 3.68. The molecular formula is C14H13N9O4S. The number of aryl methyl sites for hydroxylation is 1. The van der Waals surface area contributed by atoms with Crippen molar-refractivity contribution in [1.82, 2.24) is 19.1 Å². The van der Waals surface area contributed by atoms with Gasteiger partial charge in [0, 0.05) is 11.5 Å². The first-order valence-electron chi connectivity index (χ1n) is 7.45. The maximum absolute atomic E-state index is 11.8. The van der Waals surface area contributed by atoms with Crippen LogP contribution in [-0.4, -0.2) is 31.1 Å².